The number of carbonyl (C=O) groups excluding carboxylic acids is 3. The van der Waals surface area contributed by atoms with Crippen LogP contribution in [0, 0.1) is 23.0 Å². The van der Waals surface area contributed by atoms with Gasteiger partial charge in [0.05, 0.1) is 23.5 Å². The van der Waals surface area contributed by atoms with E-state index in [-0.39, 0.29) is 41.3 Å². The van der Waals surface area contributed by atoms with Crippen molar-refractivity contribution < 1.29 is 23.2 Å². The topological polar surface area (TPSA) is 133 Å². The van der Waals surface area contributed by atoms with Crippen molar-refractivity contribution in [2.24, 2.45) is 11.3 Å². The summed E-state index contributed by atoms with van der Waals surface area (Å²) < 4.78 is 31.2. The first kappa shape index (κ1) is 47.5. The molecule has 364 valence electrons. The first-order valence-corrected chi connectivity index (χ1v) is 24.9. The van der Waals surface area contributed by atoms with Crippen LogP contribution in [-0.4, -0.2) is 140 Å². The van der Waals surface area contributed by atoms with E-state index in [4.69, 9.17) is 0 Å². The van der Waals surface area contributed by atoms with Crippen LogP contribution in [0.25, 0.3) is 0 Å². The third-order valence-electron chi connectivity index (χ3n) is 15.6. The van der Waals surface area contributed by atoms with Crippen LogP contribution in [-0.2, 0) is 20.9 Å². The average Bonchev–Trinajstić information content (AvgIpc) is 3.34. The molecular formula is C52H69F2N11O3. The van der Waals surface area contributed by atoms with Crippen molar-refractivity contribution in [3.63, 3.8) is 0 Å². The van der Waals surface area contributed by atoms with Crippen LogP contribution in [0.1, 0.15) is 88.7 Å². The average molecular weight is 934 g/mol. The van der Waals surface area contributed by atoms with Gasteiger partial charge in [0, 0.05) is 121 Å². The van der Waals surface area contributed by atoms with E-state index in [9.17, 15) is 14.4 Å². The smallest absolute Gasteiger partial charge is 0.240 e. The second kappa shape index (κ2) is 20.6. The maximum Gasteiger partial charge on any atom is 0.240 e. The maximum absolute atomic E-state index is 15.7. The van der Waals surface area contributed by atoms with E-state index < -0.39 is 17.2 Å². The summed E-state index contributed by atoms with van der Waals surface area (Å²) in [6, 6.07) is 13.2. The molecule has 68 heavy (non-hydrogen) atoms. The number of hydrogen-bond acceptors (Lipinski definition) is 11. The molecule has 2 aromatic carbocycles. The highest BCUT2D eigenvalue weighted by molar-refractivity contribution is 5.84. The Morgan fingerprint density at radius 1 is 0.824 bits per heavy atom. The van der Waals surface area contributed by atoms with E-state index >= 15 is 8.78 Å². The van der Waals surface area contributed by atoms with Gasteiger partial charge in [-0.25, -0.2) is 18.7 Å². The number of allylic oxidation sites excluding steroid dienone is 1. The Morgan fingerprint density at radius 3 is 2.28 bits per heavy atom. The number of piperidine rings is 4. The van der Waals surface area contributed by atoms with Gasteiger partial charge in [-0.3, -0.25) is 24.2 Å². The molecule has 1 spiro atoms. The van der Waals surface area contributed by atoms with Crippen molar-refractivity contribution in [1.82, 2.24) is 35.3 Å². The van der Waals surface area contributed by atoms with Crippen molar-refractivity contribution in [2.75, 3.05) is 112 Å². The van der Waals surface area contributed by atoms with E-state index in [1.165, 1.54) is 29.7 Å². The molecule has 6 aliphatic heterocycles. The molecule has 14 nitrogen and oxygen atoms in total. The third kappa shape index (κ3) is 11.3. The number of halogens is 2. The van der Waals surface area contributed by atoms with Crippen molar-refractivity contribution in [2.45, 2.75) is 89.6 Å². The summed E-state index contributed by atoms with van der Waals surface area (Å²) in [5.74, 6) is 1.17. The molecule has 3 amide bonds. The summed E-state index contributed by atoms with van der Waals surface area (Å²) in [6.07, 6.45) is 8.51. The summed E-state index contributed by atoms with van der Waals surface area (Å²) in [6.45, 7) is 19.1. The lowest BCUT2D eigenvalue weighted by Crippen LogP contribution is -2.66. The van der Waals surface area contributed by atoms with Crippen LogP contribution < -0.4 is 30.7 Å². The highest BCUT2D eigenvalue weighted by Crippen LogP contribution is 2.36. The zero-order chi connectivity index (χ0) is 47.4. The molecule has 0 radical (unpaired) electrons. The first-order valence-electron chi connectivity index (χ1n) is 24.9. The van der Waals surface area contributed by atoms with Gasteiger partial charge in [-0.2, -0.15) is 0 Å². The van der Waals surface area contributed by atoms with Gasteiger partial charge in [-0.15, -0.1) is 5.73 Å². The Hall–Kier alpha value is -5.57. The van der Waals surface area contributed by atoms with Gasteiger partial charge in [0.2, 0.25) is 17.7 Å². The standard InChI is InChI=1S/C52H69F2N11O3/c1-4-44-41(9-10-48(66)58-44)38-5-7-40(8-6-38)62-27-25-61(26-28-62)32-37-12-19-64(20-13-37)50(68)11-18-55-46-31-47(57-36-56-46)63-23-16-52(17-24-63)35-65(34-49(67)59-52)45-30-42(53)39(29-43(45)54)33-60-21-14-51(2,3)15-22-60/h5-8,29-31,36-37,41H,1,9-28,32-35H2,2-3H3,(H,58,66)(H,59,67)(H,55,56,57). The molecular weight excluding hydrogens is 865 g/mol. The van der Waals surface area contributed by atoms with E-state index in [0.717, 1.165) is 103 Å². The molecule has 7 heterocycles. The normalized spacial score (nSPS) is 22.8. The summed E-state index contributed by atoms with van der Waals surface area (Å²) >= 11 is 0. The predicted octanol–water partition coefficient (Wildman–Crippen LogP) is 5.88. The van der Waals surface area contributed by atoms with E-state index in [1.807, 2.05) is 11.0 Å². The molecule has 16 heteroatoms. The third-order valence-corrected chi connectivity index (χ3v) is 15.6. The number of nitrogens with zero attached hydrogens (tertiary/aromatic N) is 8. The number of benzene rings is 2. The molecule has 1 unspecified atom stereocenters. The van der Waals surface area contributed by atoms with Crippen molar-refractivity contribution >= 4 is 40.7 Å². The second-order valence-electron chi connectivity index (χ2n) is 20.9. The van der Waals surface area contributed by atoms with Gasteiger partial charge >= 0.3 is 0 Å². The summed E-state index contributed by atoms with van der Waals surface area (Å²) in [4.78, 5) is 60.2. The van der Waals surface area contributed by atoms with Crippen LogP contribution in [0.3, 0.4) is 0 Å². The summed E-state index contributed by atoms with van der Waals surface area (Å²) in [5, 5.41) is 9.46. The molecule has 0 bridgehead atoms. The zero-order valence-electron chi connectivity index (χ0n) is 40.0. The van der Waals surface area contributed by atoms with Crippen LogP contribution in [0.5, 0.6) is 0 Å². The van der Waals surface area contributed by atoms with Crippen LogP contribution in [0.4, 0.5) is 31.8 Å². The minimum absolute atomic E-state index is 0.0249. The van der Waals surface area contributed by atoms with E-state index in [2.05, 4.69) is 95.9 Å². The molecule has 3 N–H and O–H groups in total. The predicted molar refractivity (Wildman–Crippen MR) is 261 cm³/mol. The fraction of sp³-hybridized carbons (Fsp3) is 0.577. The Labute approximate surface area is 400 Å². The Bertz CT molecular complexity index is 2340. The highest BCUT2D eigenvalue weighted by Gasteiger charge is 2.42. The number of carbonyl (C=O) groups is 3. The van der Waals surface area contributed by atoms with Gasteiger partial charge in [-0.1, -0.05) is 32.6 Å². The molecule has 1 atom stereocenters. The lowest BCUT2D eigenvalue weighted by molar-refractivity contribution is -0.132. The Morgan fingerprint density at radius 2 is 1.56 bits per heavy atom. The van der Waals surface area contributed by atoms with Crippen molar-refractivity contribution in [3.8, 4) is 0 Å². The van der Waals surface area contributed by atoms with Crippen LogP contribution in [0.15, 0.2) is 66.8 Å². The Kier molecular flexibility index (Phi) is 14.4. The minimum Gasteiger partial charge on any atom is -0.369 e. The maximum atomic E-state index is 15.7. The number of aromatic nitrogens is 2. The van der Waals surface area contributed by atoms with Gasteiger partial charge in [0.1, 0.15) is 29.6 Å². The number of nitrogens with one attached hydrogen (secondary N) is 3. The quantitative estimate of drug-likeness (QED) is 0.189. The molecule has 6 saturated heterocycles. The SMILES string of the molecule is C=C=C1NC(=O)CCC1c1ccc(N2CCN(CC3CCN(C(=O)CCNc4cc(N5CCC6(CC5)CN(c5cc(F)c(CN7CCC(C)(C)CC7)cc5F)CC(=O)N6)ncn4)CC3)CC2)cc1. The molecule has 0 saturated carbocycles. The minimum atomic E-state index is -0.574. The highest BCUT2D eigenvalue weighted by atomic mass is 19.1. The lowest BCUT2D eigenvalue weighted by atomic mass is 9.82. The van der Waals surface area contributed by atoms with Gasteiger partial charge < -0.3 is 35.6 Å². The van der Waals surface area contributed by atoms with Gasteiger partial charge in [-0.05, 0) is 93.1 Å². The number of amides is 3. The van der Waals surface area contributed by atoms with Crippen LogP contribution >= 0.6 is 0 Å². The van der Waals surface area contributed by atoms with Gasteiger partial charge in [0.15, 0.2) is 0 Å². The monoisotopic (exact) mass is 934 g/mol. The fourth-order valence-corrected chi connectivity index (χ4v) is 11.2. The molecule has 9 rings (SSSR count). The molecule has 6 aliphatic rings. The molecule has 3 aromatic rings. The second-order valence-corrected chi connectivity index (χ2v) is 20.9. The van der Waals surface area contributed by atoms with Gasteiger partial charge in [0.25, 0.3) is 0 Å². The zero-order valence-corrected chi connectivity index (χ0v) is 40.0. The first-order chi connectivity index (χ1) is 32.8. The largest absolute Gasteiger partial charge is 0.369 e. The fourth-order valence-electron chi connectivity index (χ4n) is 11.2. The van der Waals surface area contributed by atoms with Crippen molar-refractivity contribution in [1.29, 1.82) is 0 Å². The number of hydrogen-bond donors (Lipinski definition) is 3. The Balaban J connectivity index is 0.683. The summed E-state index contributed by atoms with van der Waals surface area (Å²) in [7, 11) is 0. The van der Waals surface area contributed by atoms with Crippen LogP contribution in [0.2, 0.25) is 0 Å². The lowest BCUT2D eigenvalue weighted by Gasteiger charge is -2.48. The van der Waals surface area contributed by atoms with Crippen molar-refractivity contribution in [3.05, 3.63) is 89.6 Å². The number of rotatable bonds is 12. The number of anilines is 4. The van der Waals surface area contributed by atoms with E-state index in [1.54, 1.807) is 4.90 Å². The number of piperazine rings is 2. The number of likely N-dealkylation sites (tertiary alicyclic amines) is 2. The molecule has 0 aliphatic carbocycles. The van der Waals surface area contributed by atoms with E-state index in [0.29, 0.717) is 75.7 Å². The molecule has 1 aromatic heterocycles. The summed E-state index contributed by atoms with van der Waals surface area (Å²) in [5.41, 5.74) is 6.28. The molecule has 6 fully saturated rings.